The molecular formula is C18H22N2O2. The highest BCUT2D eigenvalue weighted by molar-refractivity contribution is 5.46. The highest BCUT2D eigenvalue weighted by atomic mass is 16.6. The fraction of sp³-hybridized carbons (Fsp3) is 0.389. The third-order valence-electron chi connectivity index (χ3n) is 3.92. The topological polar surface area (TPSA) is 43.4 Å². The van der Waals surface area contributed by atoms with Crippen molar-refractivity contribution in [2.24, 2.45) is 0 Å². The molecule has 1 N–H and O–H groups in total. The Hall–Kier alpha value is -2.23. The first-order chi connectivity index (χ1) is 10.5. The van der Waals surface area contributed by atoms with Crippen molar-refractivity contribution < 1.29 is 9.47 Å². The van der Waals surface area contributed by atoms with E-state index in [-0.39, 0.29) is 5.41 Å². The second-order valence-electron chi connectivity index (χ2n) is 6.26. The van der Waals surface area contributed by atoms with Gasteiger partial charge in [0.25, 0.3) is 0 Å². The van der Waals surface area contributed by atoms with Crippen molar-refractivity contribution in [3.8, 4) is 11.5 Å². The van der Waals surface area contributed by atoms with Crippen molar-refractivity contribution >= 4 is 5.82 Å². The molecule has 0 unspecified atom stereocenters. The summed E-state index contributed by atoms with van der Waals surface area (Å²) in [6.45, 7) is 8.45. The molecule has 3 rings (SSSR count). The molecule has 1 aromatic carbocycles. The van der Waals surface area contributed by atoms with Gasteiger partial charge >= 0.3 is 0 Å². The predicted molar refractivity (Wildman–Crippen MR) is 87.9 cm³/mol. The lowest BCUT2D eigenvalue weighted by molar-refractivity contribution is 0.171. The number of rotatable bonds is 4. The molecular weight excluding hydrogens is 276 g/mol. The SMILES string of the molecule is Cc1cccc(NCC(C)(C)c2ccc3c(c2)OCCO3)n1. The normalized spacial score (nSPS) is 13.8. The van der Waals surface area contributed by atoms with E-state index in [9.17, 15) is 0 Å². The van der Waals surface area contributed by atoms with Crippen LogP contribution in [0.15, 0.2) is 36.4 Å². The molecule has 0 fully saturated rings. The van der Waals surface area contributed by atoms with E-state index >= 15 is 0 Å². The molecule has 0 aliphatic carbocycles. The lowest BCUT2D eigenvalue weighted by atomic mass is 9.84. The molecule has 0 amide bonds. The average molecular weight is 298 g/mol. The van der Waals surface area contributed by atoms with Crippen molar-refractivity contribution in [2.75, 3.05) is 25.1 Å². The molecule has 0 bridgehead atoms. The van der Waals surface area contributed by atoms with E-state index in [1.165, 1.54) is 5.56 Å². The number of anilines is 1. The maximum Gasteiger partial charge on any atom is 0.161 e. The zero-order valence-electron chi connectivity index (χ0n) is 13.3. The number of nitrogens with one attached hydrogen (secondary N) is 1. The minimum Gasteiger partial charge on any atom is -0.486 e. The molecule has 2 heterocycles. The highest BCUT2D eigenvalue weighted by Gasteiger charge is 2.23. The Bertz CT molecular complexity index is 668. The summed E-state index contributed by atoms with van der Waals surface area (Å²) >= 11 is 0. The zero-order valence-corrected chi connectivity index (χ0v) is 13.3. The van der Waals surface area contributed by atoms with Crippen LogP contribution in [0.2, 0.25) is 0 Å². The Balaban J connectivity index is 1.74. The van der Waals surface area contributed by atoms with Crippen LogP contribution in [0.25, 0.3) is 0 Å². The summed E-state index contributed by atoms with van der Waals surface area (Å²) in [4.78, 5) is 4.48. The molecule has 4 heteroatoms. The second-order valence-corrected chi connectivity index (χ2v) is 6.26. The van der Waals surface area contributed by atoms with E-state index in [1.807, 2.05) is 31.2 Å². The zero-order chi connectivity index (χ0) is 15.6. The fourth-order valence-electron chi connectivity index (χ4n) is 2.52. The van der Waals surface area contributed by atoms with Crippen LogP contribution in [0.3, 0.4) is 0 Å². The smallest absolute Gasteiger partial charge is 0.161 e. The lowest BCUT2D eigenvalue weighted by Gasteiger charge is -2.28. The quantitative estimate of drug-likeness (QED) is 0.937. The Kier molecular flexibility index (Phi) is 3.92. The van der Waals surface area contributed by atoms with Gasteiger partial charge in [-0.3, -0.25) is 0 Å². The number of fused-ring (bicyclic) bond motifs is 1. The lowest BCUT2D eigenvalue weighted by Crippen LogP contribution is -2.28. The van der Waals surface area contributed by atoms with Crippen LogP contribution in [0.4, 0.5) is 5.82 Å². The van der Waals surface area contributed by atoms with E-state index in [2.05, 4.69) is 36.3 Å². The van der Waals surface area contributed by atoms with Gasteiger partial charge in [0.1, 0.15) is 19.0 Å². The number of aryl methyl sites for hydroxylation is 1. The van der Waals surface area contributed by atoms with Gasteiger partial charge in [0.05, 0.1) is 0 Å². The first-order valence-electron chi connectivity index (χ1n) is 7.62. The minimum atomic E-state index is -0.0404. The van der Waals surface area contributed by atoms with E-state index < -0.39 is 0 Å². The van der Waals surface area contributed by atoms with Gasteiger partial charge in [-0.25, -0.2) is 4.98 Å². The third-order valence-corrected chi connectivity index (χ3v) is 3.92. The monoisotopic (exact) mass is 298 g/mol. The maximum absolute atomic E-state index is 5.68. The molecule has 2 aromatic rings. The number of ether oxygens (including phenoxy) is 2. The molecule has 0 saturated heterocycles. The van der Waals surface area contributed by atoms with Crippen LogP contribution in [-0.4, -0.2) is 24.7 Å². The standard InChI is InChI=1S/C18H22N2O2/c1-13-5-4-6-17(20-13)19-12-18(2,3)14-7-8-15-16(11-14)22-10-9-21-15/h4-8,11H,9-10,12H2,1-3H3,(H,19,20). The van der Waals surface area contributed by atoms with Crippen LogP contribution in [0.5, 0.6) is 11.5 Å². The van der Waals surface area contributed by atoms with Crippen molar-refractivity contribution in [1.82, 2.24) is 4.98 Å². The minimum absolute atomic E-state index is 0.0404. The van der Waals surface area contributed by atoms with Gasteiger partial charge in [-0.2, -0.15) is 0 Å². The number of hydrogen-bond donors (Lipinski definition) is 1. The van der Waals surface area contributed by atoms with Crippen LogP contribution in [0, 0.1) is 6.92 Å². The summed E-state index contributed by atoms with van der Waals surface area (Å²) < 4.78 is 11.3. The Labute approximate surface area is 131 Å². The van der Waals surface area contributed by atoms with E-state index in [0.29, 0.717) is 13.2 Å². The van der Waals surface area contributed by atoms with Crippen molar-refractivity contribution in [1.29, 1.82) is 0 Å². The number of hydrogen-bond acceptors (Lipinski definition) is 4. The van der Waals surface area contributed by atoms with E-state index in [1.54, 1.807) is 0 Å². The first kappa shape index (κ1) is 14.7. The Morgan fingerprint density at radius 3 is 2.64 bits per heavy atom. The second kappa shape index (κ2) is 5.87. The van der Waals surface area contributed by atoms with Gasteiger partial charge in [-0.15, -0.1) is 0 Å². The molecule has 4 nitrogen and oxygen atoms in total. The summed E-state index contributed by atoms with van der Waals surface area (Å²) in [6.07, 6.45) is 0. The Morgan fingerprint density at radius 1 is 1.09 bits per heavy atom. The van der Waals surface area contributed by atoms with Crippen molar-refractivity contribution in [2.45, 2.75) is 26.2 Å². The van der Waals surface area contributed by atoms with Crippen LogP contribution in [0.1, 0.15) is 25.1 Å². The summed E-state index contributed by atoms with van der Waals surface area (Å²) in [5.41, 5.74) is 2.19. The molecule has 116 valence electrons. The van der Waals surface area contributed by atoms with Gasteiger partial charge in [-0.1, -0.05) is 26.0 Å². The molecule has 1 aliphatic heterocycles. The maximum atomic E-state index is 5.68. The predicted octanol–water partition coefficient (Wildman–Crippen LogP) is 3.55. The average Bonchev–Trinajstić information content (AvgIpc) is 2.53. The summed E-state index contributed by atoms with van der Waals surface area (Å²) in [7, 11) is 0. The van der Waals surface area contributed by atoms with Gasteiger partial charge in [-0.05, 0) is 36.8 Å². The molecule has 1 aliphatic rings. The fourth-order valence-corrected chi connectivity index (χ4v) is 2.52. The largest absolute Gasteiger partial charge is 0.486 e. The summed E-state index contributed by atoms with van der Waals surface area (Å²) in [5, 5.41) is 3.42. The molecule has 0 spiro atoms. The van der Waals surface area contributed by atoms with Crippen LogP contribution < -0.4 is 14.8 Å². The summed E-state index contributed by atoms with van der Waals surface area (Å²) in [5.74, 6) is 2.58. The number of nitrogens with zero attached hydrogens (tertiary/aromatic N) is 1. The van der Waals surface area contributed by atoms with E-state index in [4.69, 9.17) is 9.47 Å². The molecule has 1 aromatic heterocycles. The number of pyridine rings is 1. The number of benzene rings is 1. The molecule has 0 radical (unpaired) electrons. The van der Waals surface area contributed by atoms with Gasteiger partial charge in [0.15, 0.2) is 11.5 Å². The van der Waals surface area contributed by atoms with Crippen molar-refractivity contribution in [3.63, 3.8) is 0 Å². The van der Waals surface area contributed by atoms with Gasteiger partial charge in [0, 0.05) is 17.7 Å². The van der Waals surface area contributed by atoms with Crippen molar-refractivity contribution in [3.05, 3.63) is 47.7 Å². The summed E-state index contributed by atoms with van der Waals surface area (Å²) in [6, 6.07) is 12.2. The van der Waals surface area contributed by atoms with Gasteiger partial charge < -0.3 is 14.8 Å². The van der Waals surface area contributed by atoms with E-state index in [0.717, 1.165) is 29.6 Å². The Morgan fingerprint density at radius 2 is 1.86 bits per heavy atom. The van der Waals surface area contributed by atoms with Crippen LogP contribution >= 0.6 is 0 Å². The van der Waals surface area contributed by atoms with Gasteiger partial charge in [0.2, 0.25) is 0 Å². The molecule has 0 atom stereocenters. The van der Waals surface area contributed by atoms with Crippen LogP contribution in [-0.2, 0) is 5.41 Å². The highest BCUT2D eigenvalue weighted by Crippen LogP contribution is 2.35. The first-order valence-corrected chi connectivity index (χ1v) is 7.62. The number of aromatic nitrogens is 1. The molecule has 0 saturated carbocycles. The molecule has 22 heavy (non-hydrogen) atoms. The third kappa shape index (κ3) is 3.16.